The summed E-state index contributed by atoms with van der Waals surface area (Å²) in [7, 11) is 4.04. The summed E-state index contributed by atoms with van der Waals surface area (Å²) in [5, 5.41) is 2.96. The quantitative estimate of drug-likeness (QED) is 0.757. The fourth-order valence-corrected chi connectivity index (χ4v) is 1.51. The number of anilines is 1. The Bertz CT molecular complexity index is 377. The van der Waals surface area contributed by atoms with E-state index >= 15 is 0 Å². The van der Waals surface area contributed by atoms with Crippen LogP contribution in [-0.2, 0) is 0 Å². The van der Waals surface area contributed by atoms with Crippen LogP contribution in [0.2, 0.25) is 0 Å². The van der Waals surface area contributed by atoms with E-state index in [1.807, 2.05) is 21.0 Å². The highest BCUT2D eigenvalue weighted by atomic mass is 16.1. The molecule has 0 radical (unpaired) electrons. The maximum atomic E-state index is 11.9. The van der Waals surface area contributed by atoms with E-state index in [0.29, 0.717) is 11.3 Å². The molecule has 0 saturated carbocycles. The molecule has 17 heavy (non-hydrogen) atoms. The molecular formula is C13H21N3O. The second-order valence-electron chi connectivity index (χ2n) is 4.59. The van der Waals surface area contributed by atoms with Crippen LogP contribution in [0.1, 0.15) is 23.7 Å². The molecule has 4 heteroatoms. The normalized spacial score (nSPS) is 12.5. The van der Waals surface area contributed by atoms with Crippen molar-refractivity contribution in [2.75, 3.05) is 26.4 Å². The number of carbonyl (C=O) groups is 1. The molecule has 0 aliphatic carbocycles. The zero-order valence-corrected chi connectivity index (χ0v) is 10.7. The average molecular weight is 235 g/mol. The summed E-state index contributed by atoms with van der Waals surface area (Å²) in [4.78, 5) is 14.0. The molecule has 1 amide bonds. The molecule has 94 valence electrons. The predicted octanol–water partition coefficient (Wildman–Crippen LogP) is 1.34. The molecule has 1 aromatic carbocycles. The number of carbonyl (C=O) groups excluding carboxylic acids is 1. The van der Waals surface area contributed by atoms with Gasteiger partial charge in [-0.15, -0.1) is 0 Å². The summed E-state index contributed by atoms with van der Waals surface area (Å²) in [6.45, 7) is 2.96. The van der Waals surface area contributed by atoms with E-state index in [1.165, 1.54) is 0 Å². The van der Waals surface area contributed by atoms with E-state index in [0.717, 1.165) is 13.0 Å². The number of hydrogen-bond acceptors (Lipinski definition) is 3. The molecule has 0 fully saturated rings. The molecule has 0 saturated heterocycles. The van der Waals surface area contributed by atoms with Crippen LogP contribution in [0.25, 0.3) is 0 Å². The van der Waals surface area contributed by atoms with Gasteiger partial charge in [0.2, 0.25) is 0 Å². The SMILES string of the molecule is CC(CCN(C)C)NC(=O)c1cccc(N)c1. The minimum Gasteiger partial charge on any atom is -0.399 e. The number of benzene rings is 1. The first-order valence-corrected chi connectivity index (χ1v) is 5.80. The number of nitrogens with one attached hydrogen (secondary N) is 1. The van der Waals surface area contributed by atoms with Crippen LogP contribution in [0, 0.1) is 0 Å². The van der Waals surface area contributed by atoms with Crippen LogP contribution in [0.5, 0.6) is 0 Å². The monoisotopic (exact) mass is 235 g/mol. The Morgan fingerprint density at radius 2 is 2.18 bits per heavy atom. The van der Waals surface area contributed by atoms with Gasteiger partial charge >= 0.3 is 0 Å². The van der Waals surface area contributed by atoms with Crippen LogP contribution in [0.15, 0.2) is 24.3 Å². The zero-order valence-electron chi connectivity index (χ0n) is 10.7. The van der Waals surface area contributed by atoms with Crippen molar-refractivity contribution in [1.29, 1.82) is 0 Å². The molecule has 4 nitrogen and oxygen atoms in total. The van der Waals surface area contributed by atoms with E-state index in [9.17, 15) is 4.79 Å². The van der Waals surface area contributed by atoms with Crippen molar-refractivity contribution in [3.05, 3.63) is 29.8 Å². The number of amides is 1. The first-order chi connectivity index (χ1) is 7.99. The van der Waals surface area contributed by atoms with Gasteiger partial charge in [-0.3, -0.25) is 4.79 Å². The van der Waals surface area contributed by atoms with E-state index in [1.54, 1.807) is 24.3 Å². The van der Waals surface area contributed by atoms with Crippen molar-refractivity contribution in [3.8, 4) is 0 Å². The van der Waals surface area contributed by atoms with Crippen LogP contribution in [0.4, 0.5) is 5.69 Å². The van der Waals surface area contributed by atoms with Crippen LogP contribution in [0.3, 0.4) is 0 Å². The van der Waals surface area contributed by atoms with Crippen molar-refractivity contribution in [1.82, 2.24) is 10.2 Å². The van der Waals surface area contributed by atoms with Crippen molar-refractivity contribution >= 4 is 11.6 Å². The van der Waals surface area contributed by atoms with Crippen molar-refractivity contribution in [2.24, 2.45) is 0 Å². The molecule has 1 unspecified atom stereocenters. The molecular weight excluding hydrogens is 214 g/mol. The third-order valence-corrected chi connectivity index (χ3v) is 2.54. The Balaban J connectivity index is 2.49. The van der Waals surface area contributed by atoms with Gasteiger partial charge in [0, 0.05) is 17.3 Å². The Morgan fingerprint density at radius 3 is 2.76 bits per heavy atom. The van der Waals surface area contributed by atoms with Crippen molar-refractivity contribution < 1.29 is 4.79 Å². The second-order valence-corrected chi connectivity index (χ2v) is 4.59. The van der Waals surface area contributed by atoms with Crippen molar-refractivity contribution in [3.63, 3.8) is 0 Å². The zero-order chi connectivity index (χ0) is 12.8. The first-order valence-electron chi connectivity index (χ1n) is 5.80. The van der Waals surface area contributed by atoms with E-state index < -0.39 is 0 Å². The maximum absolute atomic E-state index is 11.9. The van der Waals surface area contributed by atoms with Gasteiger partial charge in [0.1, 0.15) is 0 Å². The lowest BCUT2D eigenvalue weighted by Gasteiger charge is -2.16. The van der Waals surface area contributed by atoms with Gasteiger partial charge in [0.15, 0.2) is 0 Å². The minimum atomic E-state index is -0.0662. The summed E-state index contributed by atoms with van der Waals surface area (Å²) in [5.41, 5.74) is 6.86. The van der Waals surface area contributed by atoms with E-state index in [-0.39, 0.29) is 11.9 Å². The Morgan fingerprint density at radius 1 is 1.47 bits per heavy atom. The molecule has 0 aliphatic heterocycles. The van der Waals surface area contributed by atoms with Gasteiger partial charge in [-0.1, -0.05) is 6.07 Å². The average Bonchev–Trinajstić information content (AvgIpc) is 2.26. The molecule has 0 bridgehead atoms. The van der Waals surface area contributed by atoms with Gasteiger partial charge in [0.25, 0.3) is 5.91 Å². The summed E-state index contributed by atoms with van der Waals surface area (Å²) < 4.78 is 0. The van der Waals surface area contributed by atoms with Crippen LogP contribution >= 0.6 is 0 Å². The summed E-state index contributed by atoms with van der Waals surface area (Å²) in [6, 6.07) is 7.17. The number of nitrogen functional groups attached to an aromatic ring is 1. The van der Waals surface area contributed by atoms with Gasteiger partial charge in [0.05, 0.1) is 0 Å². The molecule has 0 aromatic heterocycles. The molecule has 1 atom stereocenters. The largest absolute Gasteiger partial charge is 0.399 e. The van der Waals surface area contributed by atoms with Crippen molar-refractivity contribution in [2.45, 2.75) is 19.4 Å². The van der Waals surface area contributed by atoms with Crippen LogP contribution in [-0.4, -0.2) is 37.5 Å². The summed E-state index contributed by atoms with van der Waals surface area (Å²) in [5.74, 6) is -0.0662. The van der Waals surface area contributed by atoms with E-state index in [4.69, 9.17) is 5.73 Å². The summed E-state index contributed by atoms with van der Waals surface area (Å²) >= 11 is 0. The molecule has 1 rings (SSSR count). The first kappa shape index (κ1) is 13.5. The maximum Gasteiger partial charge on any atom is 0.251 e. The van der Waals surface area contributed by atoms with Gasteiger partial charge in [-0.25, -0.2) is 0 Å². The third-order valence-electron chi connectivity index (χ3n) is 2.54. The Labute approximate surface area is 103 Å². The number of nitrogens with two attached hydrogens (primary N) is 1. The third kappa shape index (κ3) is 4.87. The predicted molar refractivity (Wildman–Crippen MR) is 71.0 cm³/mol. The molecule has 0 spiro atoms. The van der Waals surface area contributed by atoms with Gasteiger partial charge in [-0.2, -0.15) is 0 Å². The van der Waals surface area contributed by atoms with Crippen LogP contribution < -0.4 is 11.1 Å². The Kier molecular flexibility index (Phi) is 4.97. The lowest BCUT2D eigenvalue weighted by atomic mass is 10.1. The van der Waals surface area contributed by atoms with Gasteiger partial charge < -0.3 is 16.0 Å². The highest BCUT2D eigenvalue weighted by Gasteiger charge is 2.09. The Hall–Kier alpha value is -1.55. The highest BCUT2D eigenvalue weighted by molar-refractivity contribution is 5.95. The second kappa shape index (κ2) is 6.25. The molecule has 0 aliphatic rings. The smallest absolute Gasteiger partial charge is 0.251 e. The number of nitrogens with zero attached hydrogens (tertiary/aromatic N) is 1. The highest BCUT2D eigenvalue weighted by Crippen LogP contribution is 2.06. The minimum absolute atomic E-state index is 0.0662. The standard InChI is InChI=1S/C13H21N3O/c1-10(7-8-16(2)3)15-13(17)11-5-4-6-12(14)9-11/h4-6,9-10H,7-8,14H2,1-3H3,(H,15,17). The fraction of sp³-hybridized carbons (Fsp3) is 0.462. The number of hydrogen-bond donors (Lipinski definition) is 2. The fourth-order valence-electron chi connectivity index (χ4n) is 1.51. The molecule has 3 N–H and O–H groups in total. The molecule has 0 heterocycles. The van der Waals surface area contributed by atoms with Gasteiger partial charge in [-0.05, 0) is 52.2 Å². The lowest BCUT2D eigenvalue weighted by Crippen LogP contribution is -2.34. The molecule has 1 aromatic rings. The lowest BCUT2D eigenvalue weighted by molar-refractivity contribution is 0.0937. The topological polar surface area (TPSA) is 58.4 Å². The number of rotatable bonds is 5. The van der Waals surface area contributed by atoms with E-state index in [2.05, 4.69) is 10.2 Å². The summed E-state index contributed by atoms with van der Waals surface area (Å²) in [6.07, 6.45) is 0.932.